The fraction of sp³-hybridized carbons (Fsp3) is 0.100. The zero-order chi connectivity index (χ0) is 19.0. The molecule has 1 amide bonds. The molecule has 0 fully saturated rings. The number of fused-ring (bicyclic) bond motifs is 1. The first-order chi connectivity index (χ1) is 13.0. The highest BCUT2D eigenvalue weighted by Gasteiger charge is 2.18. The number of benzene rings is 2. The van der Waals surface area contributed by atoms with Crippen LogP contribution in [0.5, 0.6) is 0 Å². The van der Waals surface area contributed by atoms with Crippen LogP contribution >= 0.6 is 34.5 Å². The average molecular weight is 416 g/mol. The highest BCUT2D eigenvalue weighted by atomic mass is 35.5. The van der Waals surface area contributed by atoms with Crippen LogP contribution in [0.3, 0.4) is 0 Å². The SMILES string of the molecule is Cc1cc(NC(=O)c2sc3ccccc3c2Cl)nn1Cc1ccccc1Cl. The molecule has 2 heterocycles. The van der Waals surface area contributed by atoms with Gasteiger partial charge < -0.3 is 5.32 Å². The number of rotatable bonds is 4. The minimum absolute atomic E-state index is 0.261. The fourth-order valence-electron chi connectivity index (χ4n) is 2.85. The lowest BCUT2D eigenvalue weighted by atomic mass is 10.2. The number of carbonyl (C=O) groups excluding carboxylic acids is 1. The Balaban J connectivity index is 1.57. The van der Waals surface area contributed by atoms with Crippen LogP contribution < -0.4 is 5.32 Å². The Labute approximate surface area is 170 Å². The van der Waals surface area contributed by atoms with Crippen molar-refractivity contribution in [1.29, 1.82) is 0 Å². The van der Waals surface area contributed by atoms with Crippen molar-refractivity contribution in [3.63, 3.8) is 0 Å². The maximum Gasteiger partial charge on any atom is 0.268 e. The van der Waals surface area contributed by atoms with Crippen LogP contribution in [0.25, 0.3) is 10.1 Å². The van der Waals surface area contributed by atoms with E-state index >= 15 is 0 Å². The highest BCUT2D eigenvalue weighted by Crippen LogP contribution is 2.35. The van der Waals surface area contributed by atoms with E-state index in [4.69, 9.17) is 23.2 Å². The van der Waals surface area contributed by atoms with Crippen LogP contribution in [0.2, 0.25) is 10.0 Å². The standard InChI is InChI=1S/C20H15Cl2N3OS/c1-12-10-17(24-25(12)11-13-6-2-4-8-15(13)21)23-20(26)19-18(22)14-7-3-5-9-16(14)27-19/h2-10H,11H2,1H3,(H,23,24,26). The first-order valence-corrected chi connectivity index (χ1v) is 9.86. The Hall–Kier alpha value is -2.34. The lowest BCUT2D eigenvalue weighted by molar-refractivity contribution is 0.103. The number of nitrogens with one attached hydrogen (secondary N) is 1. The molecule has 0 aliphatic carbocycles. The minimum Gasteiger partial charge on any atom is -0.304 e. The molecule has 4 nitrogen and oxygen atoms in total. The van der Waals surface area contributed by atoms with Gasteiger partial charge in [0, 0.05) is 26.9 Å². The second-order valence-electron chi connectivity index (χ2n) is 6.12. The number of aryl methyl sites for hydroxylation is 1. The normalized spacial score (nSPS) is 11.1. The van der Waals surface area contributed by atoms with Gasteiger partial charge in [0.25, 0.3) is 5.91 Å². The van der Waals surface area contributed by atoms with Gasteiger partial charge in [0.2, 0.25) is 0 Å². The van der Waals surface area contributed by atoms with Gasteiger partial charge in [-0.05, 0) is 24.6 Å². The minimum atomic E-state index is -0.261. The zero-order valence-electron chi connectivity index (χ0n) is 14.4. The predicted molar refractivity (Wildman–Crippen MR) is 112 cm³/mol. The van der Waals surface area contributed by atoms with Gasteiger partial charge in [-0.2, -0.15) is 5.10 Å². The molecule has 0 radical (unpaired) electrons. The average Bonchev–Trinajstić information content (AvgIpc) is 3.17. The van der Waals surface area contributed by atoms with Crippen molar-refractivity contribution < 1.29 is 4.79 Å². The molecule has 0 bridgehead atoms. The van der Waals surface area contributed by atoms with Crippen molar-refractivity contribution in [2.24, 2.45) is 0 Å². The van der Waals surface area contributed by atoms with E-state index in [1.54, 1.807) is 0 Å². The Morgan fingerprint density at radius 1 is 1.15 bits per heavy atom. The summed E-state index contributed by atoms with van der Waals surface area (Å²) in [6.07, 6.45) is 0. The third-order valence-corrected chi connectivity index (χ3v) is 6.28. The molecule has 2 aromatic heterocycles. The van der Waals surface area contributed by atoms with Gasteiger partial charge in [0.05, 0.1) is 11.6 Å². The van der Waals surface area contributed by atoms with Crippen molar-refractivity contribution in [3.05, 3.63) is 80.8 Å². The lowest BCUT2D eigenvalue weighted by Crippen LogP contribution is -2.12. The molecule has 0 unspecified atom stereocenters. The zero-order valence-corrected chi connectivity index (χ0v) is 16.7. The van der Waals surface area contributed by atoms with E-state index in [2.05, 4.69) is 10.4 Å². The number of thiophene rings is 1. The molecule has 7 heteroatoms. The molecular formula is C20H15Cl2N3OS. The molecule has 0 saturated heterocycles. The van der Waals surface area contributed by atoms with E-state index in [0.717, 1.165) is 21.3 Å². The summed E-state index contributed by atoms with van der Waals surface area (Å²) in [5.74, 6) is 0.224. The van der Waals surface area contributed by atoms with E-state index < -0.39 is 0 Å². The van der Waals surface area contributed by atoms with Crippen LogP contribution in [0.15, 0.2) is 54.6 Å². The van der Waals surface area contributed by atoms with Crippen LogP contribution in [0, 0.1) is 6.92 Å². The smallest absolute Gasteiger partial charge is 0.268 e. The highest BCUT2D eigenvalue weighted by molar-refractivity contribution is 7.21. The van der Waals surface area contributed by atoms with Crippen LogP contribution in [-0.4, -0.2) is 15.7 Å². The Morgan fingerprint density at radius 2 is 1.89 bits per heavy atom. The maximum absolute atomic E-state index is 12.7. The summed E-state index contributed by atoms with van der Waals surface area (Å²) < 4.78 is 2.79. The summed E-state index contributed by atoms with van der Waals surface area (Å²) in [6.45, 7) is 2.47. The molecule has 0 spiro atoms. The van der Waals surface area contributed by atoms with Gasteiger partial charge >= 0.3 is 0 Å². The van der Waals surface area contributed by atoms with E-state index in [1.807, 2.05) is 66.2 Å². The van der Waals surface area contributed by atoms with E-state index in [1.165, 1.54) is 11.3 Å². The summed E-state index contributed by atoms with van der Waals surface area (Å²) in [7, 11) is 0. The maximum atomic E-state index is 12.7. The number of halogens is 2. The molecule has 0 aliphatic rings. The van der Waals surface area contributed by atoms with Gasteiger partial charge in [0.15, 0.2) is 5.82 Å². The first-order valence-electron chi connectivity index (χ1n) is 8.29. The molecule has 0 saturated carbocycles. The Bertz CT molecular complexity index is 1150. The quantitative estimate of drug-likeness (QED) is 0.443. The van der Waals surface area contributed by atoms with Gasteiger partial charge in [-0.25, -0.2) is 0 Å². The molecule has 4 rings (SSSR count). The number of carbonyl (C=O) groups is 1. The summed E-state index contributed by atoms with van der Waals surface area (Å²) in [4.78, 5) is 13.2. The Morgan fingerprint density at radius 3 is 2.67 bits per heavy atom. The molecule has 1 N–H and O–H groups in total. The van der Waals surface area contributed by atoms with Crippen molar-refractivity contribution in [2.45, 2.75) is 13.5 Å². The molecule has 4 aromatic rings. The largest absolute Gasteiger partial charge is 0.304 e. The predicted octanol–water partition coefficient (Wildman–Crippen LogP) is 6.01. The molecule has 136 valence electrons. The number of aromatic nitrogens is 2. The number of anilines is 1. The monoisotopic (exact) mass is 415 g/mol. The van der Waals surface area contributed by atoms with Gasteiger partial charge in [-0.3, -0.25) is 9.48 Å². The van der Waals surface area contributed by atoms with Crippen LogP contribution in [0.4, 0.5) is 5.82 Å². The first kappa shape index (κ1) is 18.0. The van der Waals surface area contributed by atoms with Gasteiger partial charge in [-0.1, -0.05) is 59.6 Å². The van der Waals surface area contributed by atoms with E-state index in [-0.39, 0.29) is 5.91 Å². The van der Waals surface area contributed by atoms with E-state index in [9.17, 15) is 4.79 Å². The van der Waals surface area contributed by atoms with Gasteiger partial charge in [-0.15, -0.1) is 11.3 Å². The van der Waals surface area contributed by atoms with Crippen molar-refractivity contribution in [3.8, 4) is 0 Å². The van der Waals surface area contributed by atoms with Crippen molar-refractivity contribution >= 4 is 56.3 Å². The van der Waals surface area contributed by atoms with Crippen molar-refractivity contribution in [1.82, 2.24) is 9.78 Å². The lowest BCUT2D eigenvalue weighted by Gasteiger charge is -2.06. The number of hydrogen-bond donors (Lipinski definition) is 1. The molecule has 0 atom stereocenters. The summed E-state index contributed by atoms with van der Waals surface area (Å²) >= 11 is 14.0. The summed E-state index contributed by atoms with van der Waals surface area (Å²) in [5, 5.41) is 9.37. The summed E-state index contributed by atoms with van der Waals surface area (Å²) in [5.41, 5.74) is 1.89. The number of hydrogen-bond acceptors (Lipinski definition) is 3. The van der Waals surface area contributed by atoms with Crippen LogP contribution in [-0.2, 0) is 6.54 Å². The third kappa shape index (κ3) is 3.58. The Kier molecular flexibility index (Phi) is 4.91. The van der Waals surface area contributed by atoms with E-state index in [0.29, 0.717) is 27.3 Å². The second-order valence-corrected chi connectivity index (χ2v) is 7.95. The molecular weight excluding hydrogens is 401 g/mol. The molecule has 0 aliphatic heterocycles. The fourth-order valence-corrected chi connectivity index (χ4v) is 4.46. The molecule has 27 heavy (non-hydrogen) atoms. The number of nitrogens with zero attached hydrogens (tertiary/aromatic N) is 2. The van der Waals surface area contributed by atoms with Crippen LogP contribution in [0.1, 0.15) is 20.9 Å². The third-order valence-electron chi connectivity index (χ3n) is 4.24. The van der Waals surface area contributed by atoms with Gasteiger partial charge in [0.1, 0.15) is 4.88 Å². The van der Waals surface area contributed by atoms with Crippen molar-refractivity contribution in [2.75, 3.05) is 5.32 Å². The number of amides is 1. The topological polar surface area (TPSA) is 46.9 Å². The summed E-state index contributed by atoms with van der Waals surface area (Å²) in [6, 6.07) is 17.2. The second kappa shape index (κ2) is 7.35. The molecule has 2 aromatic carbocycles.